The van der Waals surface area contributed by atoms with Gasteiger partial charge in [-0.15, -0.1) is 0 Å². The van der Waals surface area contributed by atoms with Crippen LogP contribution in [0.1, 0.15) is 34.5 Å². The Kier molecular flexibility index (Phi) is 4.55. The number of fused-ring (bicyclic) bond motifs is 1. The molecule has 0 radical (unpaired) electrons. The van der Waals surface area contributed by atoms with Crippen LogP contribution in [0.15, 0.2) is 41.6 Å². The van der Waals surface area contributed by atoms with Gasteiger partial charge in [0, 0.05) is 36.6 Å². The highest BCUT2D eigenvalue weighted by Crippen LogP contribution is 2.27. The van der Waals surface area contributed by atoms with Gasteiger partial charge in [0.1, 0.15) is 5.56 Å². The molecule has 1 amide bonds. The van der Waals surface area contributed by atoms with Gasteiger partial charge in [0.05, 0.1) is 23.9 Å². The highest BCUT2D eigenvalue weighted by Gasteiger charge is 2.35. The van der Waals surface area contributed by atoms with E-state index in [1.54, 1.807) is 37.2 Å². The quantitative estimate of drug-likeness (QED) is 0.727. The summed E-state index contributed by atoms with van der Waals surface area (Å²) in [4.78, 5) is 33.6. The molecule has 0 aliphatic carbocycles. The number of H-pyrrole nitrogens is 1. The molecular weight excluding hydrogens is 356 g/mol. The maximum atomic E-state index is 12.9. The monoisotopic (exact) mass is 380 g/mol. The number of nitrogens with zero attached hydrogens (tertiary/aromatic N) is 3. The Hall–Kier alpha value is -2.93. The van der Waals surface area contributed by atoms with Crippen LogP contribution in [-0.2, 0) is 6.54 Å². The highest BCUT2D eigenvalue weighted by molar-refractivity contribution is 5.95. The molecule has 0 unspecified atom stereocenters. The minimum Gasteiger partial charge on any atom is -0.388 e. The fourth-order valence-electron chi connectivity index (χ4n) is 4.05. The lowest BCUT2D eigenvalue weighted by Gasteiger charge is -2.38. The van der Waals surface area contributed by atoms with E-state index in [2.05, 4.69) is 9.97 Å². The van der Waals surface area contributed by atoms with Crippen LogP contribution in [0.2, 0.25) is 0 Å². The van der Waals surface area contributed by atoms with E-state index in [0.717, 1.165) is 16.6 Å². The van der Waals surface area contributed by atoms with Gasteiger partial charge >= 0.3 is 0 Å². The summed E-state index contributed by atoms with van der Waals surface area (Å²) >= 11 is 0. The molecule has 0 spiro atoms. The predicted molar refractivity (Wildman–Crippen MR) is 106 cm³/mol. The number of rotatable bonds is 3. The first-order chi connectivity index (χ1) is 13.4. The van der Waals surface area contributed by atoms with E-state index < -0.39 is 5.60 Å². The Morgan fingerprint density at radius 1 is 1.29 bits per heavy atom. The number of likely N-dealkylation sites (tertiary alicyclic amines) is 1. The van der Waals surface area contributed by atoms with Gasteiger partial charge in [-0.3, -0.25) is 14.6 Å². The summed E-state index contributed by atoms with van der Waals surface area (Å²) in [5.74, 6) is -0.267. The molecule has 0 atom stereocenters. The lowest BCUT2D eigenvalue weighted by Crippen LogP contribution is -2.49. The van der Waals surface area contributed by atoms with Crippen molar-refractivity contribution in [1.82, 2.24) is 19.4 Å². The molecule has 1 aliphatic heterocycles. The number of carbonyl (C=O) groups excluding carboxylic acids is 1. The molecule has 1 saturated heterocycles. The van der Waals surface area contributed by atoms with Crippen molar-refractivity contribution in [3.8, 4) is 0 Å². The maximum absolute atomic E-state index is 12.9. The third-order valence-electron chi connectivity index (χ3n) is 5.60. The van der Waals surface area contributed by atoms with Crippen LogP contribution in [0.4, 0.5) is 0 Å². The Labute approximate surface area is 162 Å². The van der Waals surface area contributed by atoms with Gasteiger partial charge in [0.2, 0.25) is 0 Å². The van der Waals surface area contributed by atoms with Crippen LogP contribution in [0, 0.1) is 13.8 Å². The lowest BCUT2D eigenvalue weighted by molar-refractivity contribution is -0.0284. The van der Waals surface area contributed by atoms with Crippen LogP contribution in [0.25, 0.3) is 10.9 Å². The molecule has 1 aliphatic rings. The number of aliphatic hydroxyl groups is 1. The number of pyridine rings is 2. The second kappa shape index (κ2) is 6.91. The molecule has 0 aromatic carbocycles. The number of piperidine rings is 1. The first-order valence-corrected chi connectivity index (χ1v) is 9.47. The molecule has 3 aromatic rings. The molecule has 0 bridgehead atoms. The molecule has 146 valence electrons. The summed E-state index contributed by atoms with van der Waals surface area (Å²) in [6.45, 7) is 4.86. The number of aromatic amines is 1. The van der Waals surface area contributed by atoms with Crippen LogP contribution in [0.5, 0.6) is 0 Å². The van der Waals surface area contributed by atoms with Gasteiger partial charge in [0.15, 0.2) is 0 Å². The van der Waals surface area contributed by atoms with E-state index in [1.807, 2.05) is 22.9 Å². The zero-order chi connectivity index (χ0) is 19.9. The van der Waals surface area contributed by atoms with Crippen molar-refractivity contribution in [3.63, 3.8) is 0 Å². The van der Waals surface area contributed by atoms with E-state index >= 15 is 0 Å². The summed E-state index contributed by atoms with van der Waals surface area (Å²) in [5, 5.41) is 12.2. The third kappa shape index (κ3) is 3.33. The Balaban J connectivity index is 1.48. The van der Waals surface area contributed by atoms with Crippen LogP contribution >= 0.6 is 0 Å². The van der Waals surface area contributed by atoms with Crippen molar-refractivity contribution in [3.05, 3.63) is 64.0 Å². The molecule has 3 aromatic heterocycles. The summed E-state index contributed by atoms with van der Waals surface area (Å²) in [6.07, 6.45) is 6.42. The first-order valence-electron chi connectivity index (χ1n) is 9.47. The highest BCUT2D eigenvalue weighted by atomic mass is 16.3. The van der Waals surface area contributed by atoms with E-state index in [1.165, 1.54) is 0 Å². The van der Waals surface area contributed by atoms with Crippen molar-refractivity contribution in [2.45, 2.75) is 38.8 Å². The van der Waals surface area contributed by atoms with Gasteiger partial charge in [-0.05, 0) is 50.5 Å². The van der Waals surface area contributed by atoms with Gasteiger partial charge in [0.25, 0.3) is 11.5 Å². The van der Waals surface area contributed by atoms with Gasteiger partial charge in [-0.25, -0.2) is 0 Å². The second-order valence-corrected chi connectivity index (χ2v) is 7.73. The molecule has 0 saturated carbocycles. The fraction of sp³-hybridized carbons (Fsp3) is 0.381. The average Bonchev–Trinajstić information content (AvgIpc) is 3.04. The Morgan fingerprint density at radius 3 is 2.75 bits per heavy atom. The smallest absolute Gasteiger partial charge is 0.261 e. The third-order valence-corrected chi connectivity index (χ3v) is 5.60. The van der Waals surface area contributed by atoms with Gasteiger partial charge in [-0.2, -0.15) is 0 Å². The molecule has 1 fully saturated rings. The summed E-state index contributed by atoms with van der Waals surface area (Å²) < 4.78 is 2.01. The largest absolute Gasteiger partial charge is 0.388 e. The van der Waals surface area contributed by atoms with Crippen LogP contribution in [0.3, 0.4) is 0 Å². The predicted octanol–water partition coefficient (Wildman–Crippen LogP) is 2.01. The Bertz CT molecular complexity index is 1090. The van der Waals surface area contributed by atoms with E-state index in [4.69, 9.17) is 0 Å². The SMILES string of the molecule is Cc1cc(C)c(C(=O)N2CCC(O)(Cn3ccc4ccncc43)CC2)c(=O)[nH]1. The average molecular weight is 380 g/mol. The van der Waals surface area contributed by atoms with Crippen molar-refractivity contribution in [1.29, 1.82) is 0 Å². The van der Waals surface area contributed by atoms with Crippen molar-refractivity contribution < 1.29 is 9.90 Å². The molecular formula is C21H24N4O3. The normalized spacial score (nSPS) is 16.5. The van der Waals surface area contributed by atoms with E-state index in [9.17, 15) is 14.7 Å². The number of hydrogen-bond donors (Lipinski definition) is 2. The lowest BCUT2D eigenvalue weighted by atomic mass is 9.90. The zero-order valence-electron chi connectivity index (χ0n) is 16.1. The number of aryl methyl sites for hydroxylation is 2. The van der Waals surface area contributed by atoms with Crippen molar-refractivity contribution >= 4 is 16.8 Å². The molecule has 7 nitrogen and oxygen atoms in total. The Morgan fingerprint density at radius 2 is 2.04 bits per heavy atom. The topological polar surface area (TPSA) is 91.2 Å². The molecule has 28 heavy (non-hydrogen) atoms. The van der Waals surface area contributed by atoms with Crippen LogP contribution < -0.4 is 5.56 Å². The summed E-state index contributed by atoms with van der Waals surface area (Å²) in [5.41, 5.74) is 1.34. The zero-order valence-corrected chi connectivity index (χ0v) is 16.1. The number of hydrogen-bond acceptors (Lipinski definition) is 4. The number of aromatic nitrogens is 3. The van der Waals surface area contributed by atoms with Gasteiger partial charge < -0.3 is 19.6 Å². The minimum atomic E-state index is -0.896. The number of nitrogens with one attached hydrogen (secondary N) is 1. The first kappa shape index (κ1) is 18.4. The molecule has 4 heterocycles. The van der Waals surface area contributed by atoms with Crippen LogP contribution in [-0.4, -0.2) is 49.1 Å². The molecule has 4 rings (SSSR count). The molecule has 7 heteroatoms. The standard InChI is InChI=1S/C21H24N4O3/c1-14-11-15(2)23-19(26)18(14)20(27)24-9-5-21(28,6-10-24)13-25-8-4-16-3-7-22-12-17(16)25/h3-4,7-8,11-12,28H,5-6,9-10,13H2,1-2H3,(H,23,26). The summed E-state index contributed by atoms with van der Waals surface area (Å²) in [7, 11) is 0. The summed E-state index contributed by atoms with van der Waals surface area (Å²) in [6, 6.07) is 5.75. The van der Waals surface area contributed by atoms with Gasteiger partial charge in [-0.1, -0.05) is 0 Å². The number of amides is 1. The minimum absolute atomic E-state index is 0.193. The maximum Gasteiger partial charge on any atom is 0.261 e. The van der Waals surface area contributed by atoms with E-state index in [0.29, 0.717) is 38.0 Å². The van der Waals surface area contributed by atoms with E-state index in [-0.39, 0.29) is 17.0 Å². The second-order valence-electron chi connectivity index (χ2n) is 7.73. The molecule has 2 N–H and O–H groups in total. The number of carbonyl (C=O) groups is 1. The fourth-order valence-corrected chi connectivity index (χ4v) is 4.05. The van der Waals surface area contributed by atoms with Crippen molar-refractivity contribution in [2.24, 2.45) is 0 Å². The van der Waals surface area contributed by atoms with Crippen molar-refractivity contribution in [2.75, 3.05) is 13.1 Å².